The third kappa shape index (κ3) is 3.83. The van der Waals surface area contributed by atoms with E-state index in [1.165, 1.54) is 13.2 Å². The van der Waals surface area contributed by atoms with E-state index in [1.807, 2.05) is 26.0 Å². The van der Waals surface area contributed by atoms with Crippen LogP contribution in [0.4, 0.5) is 11.4 Å². The molecule has 0 unspecified atom stereocenters. The first kappa shape index (κ1) is 17.7. The van der Waals surface area contributed by atoms with Gasteiger partial charge in [-0.25, -0.2) is 8.42 Å². The smallest absolute Gasteiger partial charge is 0.293 e. The van der Waals surface area contributed by atoms with Crippen molar-refractivity contribution >= 4 is 21.4 Å². The lowest BCUT2D eigenvalue weighted by Gasteiger charge is -2.11. The van der Waals surface area contributed by atoms with E-state index in [1.54, 1.807) is 12.1 Å². The fourth-order valence-electron chi connectivity index (χ4n) is 2.14. The van der Waals surface area contributed by atoms with E-state index in [0.717, 1.165) is 17.7 Å². The maximum Gasteiger partial charge on any atom is 0.293 e. The van der Waals surface area contributed by atoms with Crippen molar-refractivity contribution in [2.45, 2.75) is 24.7 Å². The van der Waals surface area contributed by atoms with Crippen LogP contribution in [0.3, 0.4) is 0 Å². The lowest BCUT2D eigenvalue weighted by Crippen LogP contribution is -2.14. The molecule has 0 atom stereocenters. The summed E-state index contributed by atoms with van der Waals surface area (Å²) in [6, 6.07) is 10.5. The monoisotopic (exact) mass is 350 g/mol. The fraction of sp³-hybridized carbons (Fsp3) is 0.250. The Bertz CT molecular complexity index is 845. The minimum absolute atomic E-state index is 0.210. The molecule has 0 radical (unpaired) electrons. The van der Waals surface area contributed by atoms with Gasteiger partial charge < -0.3 is 4.74 Å². The second kappa shape index (κ2) is 6.88. The van der Waals surface area contributed by atoms with E-state index in [0.29, 0.717) is 11.6 Å². The molecule has 0 aliphatic rings. The Kier molecular flexibility index (Phi) is 5.08. The molecule has 8 heteroatoms. The van der Waals surface area contributed by atoms with Gasteiger partial charge in [-0.2, -0.15) is 0 Å². The van der Waals surface area contributed by atoms with Gasteiger partial charge >= 0.3 is 0 Å². The van der Waals surface area contributed by atoms with Gasteiger partial charge in [0.1, 0.15) is 5.75 Å². The van der Waals surface area contributed by atoms with Crippen molar-refractivity contribution in [1.29, 1.82) is 0 Å². The standard InChI is InChI=1S/C16H18N2O5S/c1-11(2)12-4-6-13(7-5-12)17-24(21,22)16-9-8-14(23-3)10-15(16)18(19)20/h4-11,17H,1-3H3. The van der Waals surface area contributed by atoms with Crippen LogP contribution in [0.2, 0.25) is 0 Å². The molecule has 24 heavy (non-hydrogen) atoms. The molecule has 0 spiro atoms. The van der Waals surface area contributed by atoms with Crippen LogP contribution in [0, 0.1) is 10.1 Å². The lowest BCUT2D eigenvalue weighted by molar-refractivity contribution is -0.387. The zero-order chi connectivity index (χ0) is 17.9. The number of nitrogens with one attached hydrogen (secondary N) is 1. The van der Waals surface area contributed by atoms with Crippen LogP contribution in [0.25, 0.3) is 0 Å². The maximum absolute atomic E-state index is 12.5. The number of ether oxygens (including phenoxy) is 1. The molecule has 0 heterocycles. The zero-order valence-electron chi connectivity index (χ0n) is 13.5. The summed E-state index contributed by atoms with van der Waals surface area (Å²) in [6.45, 7) is 4.06. The molecule has 1 N–H and O–H groups in total. The molecular formula is C16H18N2O5S. The second-order valence-corrected chi connectivity index (χ2v) is 7.12. The Morgan fingerprint density at radius 3 is 2.25 bits per heavy atom. The molecule has 2 aromatic rings. The van der Waals surface area contributed by atoms with E-state index in [2.05, 4.69) is 4.72 Å². The van der Waals surface area contributed by atoms with Crippen molar-refractivity contribution in [3.05, 3.63) is 58.1 Å². The van der Waals surface area contributed by atoms with Crippen molar-refractivity contribution < 1.29 is 18.1 Å². The quantitative estimate of drug-likeness (QED) is 0.635. The van der Waals surface area contributed by atoms with E-state index in [-0.39, 0.29) is 5.75 Å². The summed E-state index contributed by atoms with van der Waals surface area (Å²) >= 11 is 0. The average molecular weight is 350 g/mol. The van der Waals surface area contributed by atoms with Gasteiger partial charge in [0.2, 0.25) is 0 Å². The topological polar surface area (TPSA) is 98.5 Å². The highest BCUT2D eigenvalue weighted by molar-refractivity contribution is 7.92. The molecule has 0 aromatic heterocycles. The van der Waals surface area contributed by atoms with Gasteiger partial charge in [-0.3, -0.25) is 14.8 Å². The van der Waals surface area contributed by atoms with Gasteiger partial charge in [0.15, 0.2) is 4.90 Å². The highest BCUT2D eigenvalue weighted by atomic mass is 32.2. The number of hydrogen-bond donors (Lipinski definition) is 1. The maximum atomic E-state index is 12.5. The minimum atomic E-state index is -4.09. The van der Waals surface area contributed by atoms with E-state index in [9.17, 15) is 18.5 Å². The molecule has 0 amide bonds. The summed E-state index contributed by atoms with van der Waals surface area (Å²) < 4.78 is 32.2. The largest absolute Gasteiger partial charge is 0.497 e. The van der Waals surface area contributed by atoms with Crippen LogP contribution in [0.15, 0.2) is 47.4 Å². The number of sulfonamides is 1. The molecule has 128 valence electrons. The Labute approximate surface area is 140 Å². The predicted octanol–water partition coefficient (Wildman–Crippen LogP) is 3.53. The number of hydrogen-bond acceptors (Lipinski definition) is 5. The van der Waals surface area contributed by atoms with Crippen molar-refractivity contribution in [1.82, 2.24) is 0 Å². The Morgan fingerprint density at radius 2 is 1.75 bits per heavy atom. The predicted molar refractivity (Wildman–Crippen MR) is 91.0 cm³/mol. The van der Waals surface area contributed by atoms with Crippen molar-refractivity contribution in [3.63, 3.8) is 0 Å². The fourth-order valence-corrected chi connectivity index (χ4v) is 3.35. The van der Waals surface area contributed by atoms with Crippen molar-refractivity contribution in [2.24, 2.45) is 0 Å². The normalized spacial score (nSPS) is 11.3. The highest BCUT2D eigenvalue weighted by Gasteiger charge is 2.26. The number of anilines is 1. The molecule has 7 nitrogen and oxygen atoms in total. The minimum Gasteiger partial charge on any atom is -0.497 e. The summed E-state index contributed by atoms with van der Waals surface area (Å²) in [5, 5.41) is 11.2. The van der Waals surface area contributed by atoms with Gasteiger partial charge in [-0.1, -0.05) is 26.0 Å². The van der Waals surface area contributed by atoms with Crippen molar-refractivity contribution in [3.8, 4) is 5.75 Å². The number of nitro benzene ring substituents is 1. The summed E-state index contributed by atoms with van der Waals surface area (Å²) in [5.41, 5.74) is 0.860. The van der Waals surface area contributed by atoms with Crippen molar-refractivity contribution in [2.75, 3.05) is 11.8 Å². The van der Waals surface area contributed by atoms with Crippen LogP contribution < -0.4 is 9.46 Å². The summed E-state index contributed by atoms with van der Waals surface area (Å²) in [4.78, 5) is 10.00. The summed E-state index contributed by atoms with van der Waals surface area (Å²) in [5.74, 6) is 0.528. The average Bonchev–Trinajstić information content (AvgIpc) is 2.54. The van der Waals surface area contributed by atoms with E-state index >= 15 is 0 Å². The van der Waals surface area contributed by atoms with Gasteiger partial charge in [0.05, 0.1) is 18.1 Å². The van der Waals surface area contributed by atoms with Gasteiger partial charge in [-0.15, -0.1) is 0 Å². The third-order valence-corrected chi connectivity index (χ3v) is 4.91. The zero-order valence-corrected chi connectivity index (χ0v) is 14.3. The summed E-state index contributed by atoms with van der Waals surface area (Å²) in [6.07, 6.45) is 0. The molecule has 0 aliphatic carbocycles. The van der Waals surface area contributed by atoms with Crippen LogP contribution in [0.5, 0.6) is 5.75 Å². The second-order valence-electron chi connectivity index (χ2n) is 5.47. The Balaban J connectivity index is 2.38. The number of methoxy groups -OCH3 is 1. The van der Waals surface area contributed by atoms with Gasteiger partial charge in [0.25, 0.3) is 15.7 Å². The van der Waals surface area contributed by atoms with E-state index < -0.39 is 25.5 Å². The SMILES string of the molecule is COc1ccc(S(=O)(=O)Nc2ccc(C(C)C)cc2)c([N+](=O)[O-])c1. The molecule has 0 saturated heterocycles. The molecule has 0 bridgehead atoms. The lowest BCUT2D eigenvalue weighted by atomic mass is 10.0. The third-order valence-electron chi connectivity index (χ3n) is 3.48. The Hall–Kier alpha value is -2.61. The number of rotatable bonds is 6. The molecule has 0 saturated carbocycles. The van der Waals surface area contributed by atoms with Crippen LogP contribution in [-0.4, -0.2) is 20.5 Å². The summed E-state index contributed by atoms with van der Waals surface area (Å²) in [7, 11) is -2.75. The van der Waals surface area contributed by atoms with E-state index in [4.69, 9.17) is 4.74 Å². The molecular weight excluding hydrogens is 332 g/mol. The molecule has 2 rings (SSSR count). The Morgan fingerprint density at radius 1 is 1.12 bits per heavy atom. The first-order valence-electron chi connectivity index (χ1n) is 7.20. The van der Waals surface area contributed by atoms with Crippen LogP contribution >= 0.6 is 0 Å². The van der Waals surface area contributed by atoms with Crippen LogP contribution in [0.1, 0.15) is 25.3 Å². The van der Waals surface area contributed by atoms with Crippen LogP contribution in [-0.2, 0) is 10.0 Å². The number of nitrogens with zero attached hydrogens (tertiary/aromatic N) is 1. The first-order chi connectivity index (χ1) is 11.2. The first-order valence-corrected chi connectivity index (χ1v) is 8.68. The van der Waals surface area contributed by atoms with Gasteiger partial charge in [0, 0.05) is 5.69 Å². The molecule has 2 aromatic carbocycles. The molecule has 0 fully saturated rings. The molecule has 0 aliphatic heterocycles. The van der Waals surface area contributed by atoms with Gasteiger partial charge in [-0.05, 0) is 35.7 Å². The number of nitro groups is 1. The number of benzene rings is 2. The highest BCUT2D eigenvalue weighted by Crippen LogP contribution is 2.30.